The summed E-state index contributed by atoms with van der Waals surface area (Å²) in [4.78, 5) is 18.2. The lowest BCUT2D eigenvalue weighted by molar-refractivity contribution is 0.799. The van der Waals surface area contributed by atoms with Gasteiger partial charge in [0.05, 0.1) is 6.54 Å². The van der Waals surface area contributed by atoms with E-state index in [2.05, 4.69) is 33.5 Å². The van der Waals surface area contributed by atoms with E-state index >= 15 is 0 Å². The molecule has 0 spiro atoms. The molecule has 0 atom stereocenters. The molecule has 2 rings (SSSR count). The molecule has 0 amide bonds. The van der Waals surface area contributed by atoms with Crippen LogP contribution >= 0.6 is 11.5 Å². The zero-order valence-corrected chi connectivity index (χ0v) is 10.5. The van der Waals surface area contributed by atoms with Gasteiger partial charge in [-0.25, -0.2) is 4.98 Å². The quantitative estimate of drug-likeness (QED) is 0.870. The largest absolute Gasteiger partial charge is 0.355 e. The Kier molecular flexibility index (Phi) is 3.53. The summed E-state index contributed by atoms with van der Waals surface area (Å²) < 4.78 is 4.24. The Hall–Kier alpha value is -1.69. The van der Waals surface area contributed by atoms with Crippen molar-refractivity contribution in [1.29, 1.82) is 0 Å². The second-order valence-electron chi connectivity index (χ2n) is 4.01. The molecule has 0 saturated carbocycles. The predicted octanol–water partition coefficient (Wildman–Crippen LogP) is 1.96. The first kappa shape index (κ1) is 11.8. The van der Waals surface area contributed by atoms with Gasteiger partial charge in [0.1, 0.15) is 5.82 Å². The number of hydrogen-bond acceptors (Lipinski definition) is 5. The van der Waals surface area contributed by atoms with Crippen molar-refractivity contribution in [1.82, 2.24) is 14.3 Å². The second-order valence-corrected chi connectivity index (χ2v) is 4.76. The zero-order valence-electron chi connectivity index (χ0n) is 9.73. The van der Waals surface area contributed by atoms with E-state index in [0.29, 0.717) is 12.5 Å². The van der Waals surface area contributed by atoms with E-state index < -0.39 is 0 Å². The molecule has 2 aromatic heterocycles. The highest BCUT2D eigenvalue weighted by atomic mass is 32.1. The van der Waals surface area contributed by atoms with Gasteiger partial charge in [0.25, 0.3) is 0 Å². The fourth-order valence-corrected chi connectivity index (χ4v) is 2.01. The number of pyridine rings is 1. The van der Waals surface area contributed by atoms with Crippen molar-refractivity contribution >= 4 is 16.7 Å². The van der Waals surface area contributed by atoms with Crippen LogP contribution in [0.25, 0.3) is 0 Å². The molecule has 5 nitrogen and oxygen atoms in total. The van der Waals surface area contributed by atoms with Crippen LogP contribution in [0.1, 0.15) is 31.3 Å². The standard InChI is InChI=1S/C11H14N4OS/c1-7(2)10-14-11(17-15-10)12-6-8-4-3-5-9(16)13-8/h3-5,7H,6H2,1-2H3,(H,13,16)(H,12,14,15). The van der Waals surface area contributed by atoms with Crippen LogP contribution < -0.4 is 10.9 Å². The van der Waals surface area contributed by atoms with Gasteiger partial charge in [0.2, 0.25) is 10.7 Å². The van der Waals surface area contributed by atoms with Crippen molar-refractivity contribution < 1.29 is 0 Å². The fraction of sp³-hybridized carbons (Fsp3) is 0.364. The number of rotatable bonds is 4. The van der Waals surface area contributed by atoms with Crippen LogP contribution in [0.2, 0.25) is 0 Å². The third kappa shape index (κ3) is 3.13. The number of H-pyrrole nitrogens is 1. The molecule has 0 radical (unpaired) electrons. The molecule has 90 valence electrons. The number of aromatic amines is 1. The Morgan fingerprint density at radius 3 is 2.94 bits per heavy atom. The van der Waals surface area contributed by atoms with Gasteiger partial charge in [-0.15, -0.1) is 0 Å². The summed E-state index contributed by atoms with van der Waals surface area (Å²) in [6.07, 6.45) is 0. The van der Waals surface area contributed by atoms with Crippen molar-refractivity contribution in [3.8, 4) is 0 Å². The Morgan fingerprint density at radius 2 is 2.29 bits per heavy atom. The van der Waals surface area contributed by atoms with Crippen molar-refractivity contribution in [2.75, 3.05) is 5.32 Å². The first-order valence-corrected chi connectivity index (χ1v) is 6.18. The molecular weight excluding hydrogens is 236 g/mol. The summed E-state index contributed by atoms with van der Waals surface area (Å²) >= 11 is 1.34. The molecule has 0 bridgehead atoms. The Morgan fingerprint density at radius 1 is 1.47 bits per heavy atom. The Balaban J connectivity index is 2.00. The van der Waals surface area contributed by atoms with Gasteiger partial charge in [0, 0.05) is 29.2 Å². The van der Waals surface area contributed by atoms with Crippen LogP contribution in [0.4, 0.5) is 5.13 Å². The van der Waals surface area contributed by atoms with Gasteiger partial charge < -0.3 is 10.3 Å². The van der Waals surface area contributed by atoms with Gasteiger partial charge >= 0.3 is 0 Å². The molecule has 2 aromatic rings. The van der Waals surface area contributed by atoms with Crippen molar-refractivity contribution in [2.45, 2.75) is 26.3 Å². The van der Waals surface area contributed by atoms with Crippen LogP contribution in [0.3, 0.4) is 0 Å². The van der Waals surface area contributed by atoms with E-state index in [-0.39, 0.29) is 5.56 Å². The SMILES string of the molecule is CC(C)c1nsc(NCc2cccc(=O)[nH]2)n1. The monoisotopic (exact) mass is 250 g/mol. The molecule has 17 heavy (non-hydrogen) atoms. The number of anilines is 1. The maximum absolute atomic E-state index is 11.1. The first-order valence-electron chi connectivity index (χ1n) is 5.41. The minimum Gasteiger partial charge on any atom is -0.355 e. The van der Waals surface area contributed by atoms with E-state index in [4.69, 9.17) is 0 Å². The van der Waals surface area contributed by atoms with E-state index in [1.807, 2.05) is 6.07 Å². The van der Waals surface area contributed by atoms with Gasteiger partial charge in [-0.1, -0.05) is 19.9 Å². The van der Waals surface area contributed by atoms with E-state index in [9.17, 15) is 4.79 Å². The van der Waals surface area contributed by atoms with Gasteiger partial charge in [-0.3, -0.25) is 4.79 Å². The van der Waals surface area contributed by atoms with Gasteiger partial charge in [-0.05, 0) is 6.07 Å². The second kappa shape index (κ2) is 5.09. The smallest absolute Gasteiger partial charge is 0.248 e. The predicted molar refractivity (Wildman–Crippen MR) is 68.4 cm³/mol. The van der Waals surface area contributed by atoms with Crippen LogP contribution in [0, 0.1) is 0 Å². The summed E-state index contributed by atoms with van der Waals surface area (Å²) in [5, 5.41) is 3.91. The Labute approximate surface area is 103 Å². The van der Waals surface area contributed by atoms with Crippen LogP contribution in [-0.2, 0) is 6.54 Å². The van der Waals surface area contributed by atoms with Crippen molar-refractivity contribution in [2.24, 2.45) is 0 Å². The lowest BCUT2D eigenvalue weighted by Crippen LogP contribution is -2.09. The molecule has 2 N–H and O–H groups in total. The maximum atomic E-state index is 11.1. The average Bonchev–Trinajstić information content (AvgIpc) is 2.75. The lowest BCUT2D eigenvalue weighted by atomic mass is 10.2. The third-order valence-electron chi connectivity index (χ3n) is 2.22. The molecular formula is C11H14N4OS. The lowest BCUT2D eigenvalue weighted by Gasteiger charge is -2.01. The fourth-order valence-electron chi connectivity index (χ4n) is 1.31. The number of nitrogens with zero attached hydrogens (tertiary/aromatic N) is 2. The van der Waals surface area contributed by atoms with Crippen LogP contribution in [0.5, 0.6) is 0 Å². The molecule has 0 unspecified atom stereocenters. The molecule has 0 aromatic carbocycles. The van der Waals surface area contributed by atoms with Gasteiger partial charge in [0.15, 0.2) is 0 Å². The summed E-state index contributed by atoms with van der Waals surface area (Å²) in [6.45, 7) is 4.66. The van der Waals surface area contributed by atoms with Crippen molar-refractivity contribution in [3.05, 3.63) is 40.1 Å². The Bertz CT molecular complexity index is 546. The van der Waals surface area contributed by atoms with E-state index in [1.165, 1.54) is 17.6 Å². The first-order chi connectivity index (χ1) is 8.15. The molecule has 2 heterocycles. The summed E-state index contributed by atoms with van der Waals surface area (Å²) in [6, 6.07) is 5.08. The molecule has 0 aliphatic carbocycles. The highest BCUT2D eigenvalue weighted by Crippen LogP contribution is 2.17. The third-order valence-corrected chi connectivity index (χ3v) is 2.90. The van der Waals surface area contributed by atoms with Gasteiger partial charge in [-0.2, -0.15) is 4.37 Å². The van der Waals surface area contributed by atoms with Crippen LogP contribution in [-0.4, -0.2) is 14.3 Å². The highest BCUT2D eigenvalue weighted by molar-refractivity contribution is 7.09. The number of aromatic nitrogens is 3. The highest BCUT2D eigenvalue weighted by Gasteiger charge is 2.06. The summed E-state index contributed by atoms with van der Waals surface area (Å²) in [7, 11) is 0. The summed E-state index contributed by atoms with van der Waals surface area (Å²) in [5.74, 6) is 1.18. The summed E-state index contributed by atoms with van der Waals surface area (Å²) in [5.41, 5.74) is 0.739. The average molecular weight is 250 g/mol. The minimum atomic E-state index is -0.0931. The maximum Gasteiger partial charge on any atom is 0.248 e. The topological polar surface area (TPSA) is 70.7 Å². The normalized spacial score (nSPS) is 10.8. The number of hydrogen-bond donors (Lipinski definition) is 2. The van der Waals surface area contributed by atoms with Crippen molar-refractivity contribution in [3.63, 3.8) is 0 Å². The molecule has 0 aliphatic rings. The molecule has 6 heteroatoms. The molecule has 0 aliphatic heterocycles. The molecule has 0 fully saturated rings. The zero-order chi connectivity index (χ0) is 12.3. The van der Waals surface area contributed by atoms with E-state index in [0.717, 1.165) is 16.6 Å². The van der Waals surface area contributed by atoms with E-state index in [1.54, 1.807) is 6.07 Å². The minimum absolute atomic E-state index is 0.0931. The molecule has 0 saturated heterocycles. The number of nitrogens with one attached hydrogen (secondary N) is 2. The van der Waals surface area contributed by atoms with Crippen LogP contribution in [0.15, 0.2) is 23.0 Å².